The van der Waals surface area contributed by atoms with E-state index in [9.17, 15) is 14.4 Å². The van der Waals surface area contributed by atoms with E-state index in [1.54, 1.807) is 0 Å². The van der Waals surface area contributed by atoms with Crippen molar-refractivity contribution >= 4 is 17.5 Å². The lowest BCUT2D eigenvalue weighted by atomic mass is 9.66. The molecule has 0 amide bonds. The van der Waals surface area contributed by atoms with E-state index in [4.69, 9.17) is 4.74 Å². The first-order valence-corrected chi connectivity index (χ1v) is 5.67. The van der Waals surface area contributed by atoms with Gasteiger partial charge in [0.2, 0.25) is 5.78 Å². The number of carbonyl (C=O) groups excluding carboxylic acids is 3. The first kappa shape index (κ1) is 13.6. The molecular formula is C13H18O4. The monoisotopic (exact) mass is 238 g/mol. The second-order valence-corrected chi connectivity index (χ2v) is 5.06. The van der Waals surface area contributed by atoms with Gasteiger partial charge in [-0.1, -0.05) is 27.4 Å². The molecule has 1 aliphatic carbocycles. The molecule has 1 fully saturated rings. The molecule has 1 unspecified atom stereocenters. The zero-order valence-electron chi connectivity index (χ0n) is 10.5. The molecule has 4 heteroatoms. The van der Waals surface area contributed by atoms with E-state index in [0.29, 0.717) is 6.42 Å². The van der Waals surface area contributed by atoms with E-state index in [-0.39, 0.29) is 18.8 Å². The number of esters is 1. The highest BCUT2D eigenvalue weighted by atomic mass is 16.5. The summed E-state index contributed by atoms with van der Waals surface area (Å²) in [5, 5.41) is 0. The van der Waals surface area contributed by atoms with Crippen LogP contribution >= 0.6 is 0 Å². The molecule has 94 valence electrons. The smallest absolute Gasteiger partial charge is 0.330 e. The van der Waals surface area contributed by atoms with Gasteiger partial charge in [-0.2, -0.15) is 0 Å². The van der Waals surface area contributed by atoms with Gasteiger partial charge in [0, 0.05) is 12.5 Å². The molecule has 0 spiro atoms. The van der Waals surface area contributed by atoms with Crippen molar-refractivity contribution in [2.75, 3.05) is 6.61 Å². The Bertz CT molecular complexity index is 381. The van der Waals surface area contributed by atoms with Gasteiger partial charge in [0.15, 0.2) is 5.78 Å². The van der Waals surface area contributed by atoms with Crippen LogP contribution in [0.15, 0.2) is 12.7 Å². The molecule has 0 heterocycles. The summed E-state index contributed by atoms with van der Waals surface area (Å²) in [7, 11) is 0. The van der Waals surface area contributed by atoms with E-state index < -0.39 is 22.6 Å². The summed E-state index contributed by atoms with van der Waals surface area (Å²) in [6.45, 7) is 8.81. The number of ketones is 2. The number of hydrogen-bond donors (Lipinski definition) is 0. The second-order valence-electron chi connectivity index (χ2n) is 5.06. The fourth-order valence-corrected chi connectivity index (χ4v) is 2.48. The molecule has 0 aromatic carbocycles. The molecule has 1 saturated carbocycles. The predicted molar refractivity (Wildman–Crippen MR) is 62.3 cm³/mol. The SMILES string of the molecule is C=CC(=O)OCC1(CC)C(=O)C(=O)CC1(C)C. The van der Waals surface area contributed by atoms with Crippen LogP contribution in [0, 0.1) is 10.8 Å². The standard InChI is InChI=1S/C13H18O4/c1-5-10(15)17-8-13(6-2)11(16)9(14)7-12(13,3)4/h5H,1,6-8H2,2-4H3. The lowest BCUT2D eigenvalue weighted by Crippen LogP contribution is -2.43. The maximum Gasteiger partial charge on any atom is 0.330 e. The summed E-state index contributed by atoms with van der Waals surface area (Å²) in [6.07, 6.45) is 1.75. The topological polar surface area (TPSA) is 60.4 Å². The van der Waals surface area contributed by atoms with Crippen molar-refractivity contribution in [1.29, 1.82) is 0 Å². The fourth-order valence-electron chi connectivity index (χ4n) is 2.48. The average molecular weight is 238 g/mol. The van der Waals surface area contributed by atoms with Crippen LogP contribution in [-0.2, 0) is 19.1 Å². The summed E-state index contributed by atoms with van der Waals surface area (Å²) >= 11 is 0. The van der Waals surface area contributed by atoms with Gasteiger partial charge in [-0.25, -0.2) is 4.79 Å². The van der Waals surface area contributed by atoms with Gasteiger partial charge < -0.3 is 4.74 Å². The van der Waals surface area contributed by atoms with Crippen LogP contribution in [0.4, 0.5) is 0 Å². The van der Waals surface area contributed by atoms with Crippen molar-refractivity contribution in [2.24, 2.45) is 10.8 Å². The van der Waals surface area contributed by atoms with Gasteiger partial charge in [0.1, 0.15) is 6.61 Å². The van der Waals surface area contributed by atoms with Crippen molar-refractivity contribution in [2.45, 2.75) is 33.6 Å². The van der Waals surface area contributed by atoms with Gasteiger partial charge in [-0.05, 0) is 11.8 Å². The van der Waals surface area contributed by atoms with Gasteiger partial charge in [-0.15, -0.1) is 0 Å². The Labute approximate surface area is 101 Å². The number of ether oxygens (including phenoxy) is 1. The van der Waals surface area contributed by atoms with Crippen molar-refractivity contribution in [3.05, 3.63) is 12.7 Å². The third-order valence-corrected chi connectivity index (χ3v) is 3.82. The van der Waals surface area contributed by atoms with Gasteiger partial charge in [-0.3, -0.25) is 9.59 Å². The minimum Gasteiger partial charge on any atom is -0.461 e. The van der Waals surface area contributed by atoms with Crippen LogP contribution in [0.25, 0.3) is 0 Å². The second kappa shape index (κ2) is 4.43. The fraction of sp³-hybridized carbons (Fsp3) is 0.615. The number of Topliss-reactive ketones (excluding diaryl/α,β-unsaturated/α-hetero) is 2. The average Bonchev–Trinajstić information content (AvgIpc) is 2.44. The largest absolute Gasteiger partial charge is 0.461 e. The molecule has 0 aromatic heterocycles. The van der Waals surface area contributed by atoms with Crippen LogP contribution in [0.1, 0.15) is 33.6 Å². The lowest BCUT2D eigenvalue weighted by molar-refractivity contribution is -0.150. The number of rotatable bonds is 4. The Morgan fingerprint density at radius 3 is 2.41 bits per heavy atom. The highest BCUT2D eigenvalue weighted by Crippen LogP contribution is 2.51. The summed E-state index contributed by atoms with van der Waals surface area (Å²) in [4.78, 5) is 34.7. The van der Waals surface area contributed by atoms with E-state index in [2.05, 4.69) is 6.58 Å². The minimum atomic E-state index is -0.886. The molecule has 1 atom stereocenters. The molecular weight excluding hydrogens is 220 g/mol. The zero-order valence-corrected chi connectivity index (χ0v) is 10.5. The van der Waals surface area contributed by atoms with Gasteiger partial charge >= 0.3 is 5.97 Å². The molecule has 0 aromatic rings. The molecule has 1 aliphatic rings. The number of hydrogen-bond acceptors (Lipinski definition) is 4. The van der Waals surface area contributed by atoms with E-state index in [1.165, 1.54) is 0 Å². The molecule has 0 radical (unpaired) electrons. The Morgan fingerprint density at radius 1 is 1.47 bits per heavy atom. The Hall–Kier alpha value is -1.45. The van der Waals surface area contributed by atoms with Crippen molar-refractivity contribution in [1.82, 2.24) is 0 Å². The third kappa shape index (κ3) is 2.04. The summed E-state index contributed by atoms with van der Waals surface area (Å²) < 4.78 is 4.99. The third-order valence-electron chi connectivity index (χ3n) is 3.82. The summed E-state index contributed by atoms with van der Waals surface area (Å²) in [5.41, 5.74) is -1.36. The predicted octanol–water partition coefficient (Wildman–Crippen LogP) is 1.68. The van der Waals surface area contributed by atoms with Gasteiger partial charge in [0.25, 0.3) is 0 Å². The Kier molecular flexibility index (Phi) is 3.55. The highest BCUT2D eigenvalue weighted by molar-refractivity contribution is 6.41. The quantitative estimate of drug-likeness (QED) is 0.425. The lowest BCUT2D eigenvalue weighted by Gasteiger charge is -2.37. The molecule has 0 saturated heterocycles. The maximum atomic E-state index is 12.0. The maximum absolute atomic E-state index is 12.0. The van der Waals surface area contributed by atoms with Crippen LogP contribution < -0.4 is 0 Å². The van der Waals surface area contributed by atoms with Gasteiger partial charge in [0.05, 0.1) is 5.41 Å². The first-order valence-electron chi connectivity index (χ1n) is 5.67. The summed E-state index contributed by atoms with van der Waals surface area (Å²) in [6, 6.07) is 0. The van der Waals surface area contributed by atoms with Crippen molar-refractivity contribution < 1.29 is 19.1 Å². The molecule has 0 aliphatic heterocycles. The first-order chi connectivity index (χ1) is 7.80. The van der Waals surface area contributed by atoms with E-state index in [0.717, 1.165) is 6.08 Å². The van der Waals surface area contributed by atoms with Crippen molar-refractivity contribution in [3.63, 3.8) is 0 Å². The molecule has 0 bridgehead atoms. The highest BCUT2D eigenvalue weighted by Gasteiger charge is 2.59. The Balaban J connectivity index is 3.01. The van der Waals surface area contributed by atoms with Crippen LogP contribution in [-0.4, -0.2) is 24.1 Å². The van der Waals surface area contributed by atoms with Crippen molar-refractivity contribution in [3.8, 4) is 0 Å². The molecule has 1 rings (SSSR count). The summed E-state index contributed by atoms with van der Waals surface area (Å²) in [5.74, 6) is -1.35. The molecule has 17 heavy (non-hydrogen) atoms. The van der Waals surface area contributed by atoms with Crippen LogP contribution in [0.2, 0.25) is 0 Å². The minimum absolute atomic E-state index is 0.0497. The Morgan fingerprint density at radius 2 is 2.06 bits per heavy atom. The van der Waals surface area contributed by atoms with E-state index >= 15 is 0 Å². The molecule has 0 N–H and O–H groups in total. The van der Waals surface area contributed by atoms with E-state index in [1.807, 2.05) is 20.8 Å². The zero-order chi connectivity index (χ0) is 13.3. The van der Waals surface area contributed by atoms with Crippen LogP contribution in [0.3, 0.4) is 0 Å². The number of carbonyl (C=O) groups is 3. The van der Waals surface area contributed by atoms with Crippen LogP contribution in [0.5, 0.6) is 0 Å². The normalized spacial score (nSPS) is 27.0. The molecule has 4 nitrogen and oxygen atoms in total.